The minimum Gasteiger partial charge on any atom is -0.504 e. The molecule has 126 valence electrons. The summed E-state index contributed by atoms with van der Waals surface area (Å²) in [6, 6.07) is 0. The largest absolute Gasteiger partial charge is 0.504 e. The van der Waals surface area contributed by atoms with Crippen molar-refractivity contribution in [2.45, 2.75) is 70.8 Å². The average molecular weight is 318 g/mol. The van der Waals surface area contributed by atoms with E-state index in [1.54, 1.807) is 0 Å². The molecule has 4 aliphatic carbocycles. The van der Waals surface area contributed by atoms with Crippen molar-refractivity contribution < 1.29 is 19.8 Å². The van der Waals surface area contributed by atoms with Crippen molar-refractivity contribution >= 4 is 11.6 Å². The molecule has 2 N–H and O–H groups in total. The second-order valence-electron chi connectivity index (χ2n) is 8.64. The smallest absolute Gasteiger partial charge is 0.197 e. The van der Waals surface area contributed by atoms with E-state index in [1.807, 2.05) is 6.92 Å². The third-order valence-electron chi connectivity index (χ3n) is 7.99. The van der Waals surface area contributed by atoms with Crippen molar-refractivity contribution in [2.75, 3.05) is 0 Å². The molecule has 0 radical (unpaired) electrons. The number of Topliss-reactive ketones (excluding diaryl/α,β-unsaturated/α-hetero) is 2. The zero-order valence-electron chi connectivity index (χ0n) is 14.0. The Morgan fingerprint density at radius 3 is 2.39 bits per heavy atom. The summed E-state index contributed by atoms with van der Waals surface area (Å²) >= 11 is 0. The fraction of sp³-hybridized carbons (Fsp3) is 0.789. The molecule has 4 aliphatic rings. The normalized spacial score (nSPS) is 49.7. The van der Waals surface area contributed by atoms with Crippen LogP contribution in [0.1, 0.15) is 65.2 Å². The van der Waals surface area contributed by atoms with Gasteiger partial charge < -0.3 is 10.2 Å². The number of carbonyl (C=O) groups excluding carboxylic acids is 2. The Labute approximate surface area is 137 Å². The van der Waals surface area contributed by atoms with Gasteiger partial charge in [0.25, 0.3) is 0 Å². The van der Waals surface area contributed by atoms with Crippen molar-refractivity contribution in [2.24, 2.45) is 22.7 Å². The molecule has 4 heteroatoms. The molecule has 0 aromatic rings. The van der Waals surface area contributed by atoms with E-state index in [1.165, 1.54) is 0 Å². The molecule has 0 aliphatic heterocycles. The van der Waals surface area contributed by atoms with Gasteiger partial charge in [0.2, 0.25) is 0 Å². The highest BCUT2D eigenvalue weighted by molar-refractivity contribution is 5.95. The number of fused-ring (bicyclic) bond motifs is 5. The Morgan fingerprint density at radius 2 is 1.65 bits per heavy atom. The van der Waals surface area contributed by atoms with E-state index in [4.69, 9.17) is 0 Å². The summed E-state index contributed by atoms with van der Waals surface area (Å²) in [5.41, 5.74) is -0.938. The maximum absolute atomic E-state index is 12.4. The van der Waals surface area contributed by atoms with Crippen LogP contribution in [0.4, 0.5) is 0 Å². The van der Waals surface area contributed by atoms with E-state index >= 15 is 0 Å². The lowest BCUT2D eigenvalue weighted by Crippen LogP contribution is -2.63. The van der Waals surface area contributed by atoms with Crippen LogP contribution in [0.2, 0.25) is 0 Å². The predicted molar refractivity (Wildman–Crippen MR) is 84.7 cm³/mol. The molecule has 5 atom stereocenters. The SMILES string of the molecule is CC12CCC3(O)C(CCC4=C(O)C(=O)CCC43C)C1CCC2=O. The average Bonchev–Trinajstić information content (AvgIpc) is 2.81. The molecular weight excluding hydrogens is 292 g/mol. The highest BCUT2D eigenvalue weighted by atomic mass is 16.3. The van der Waals surface area contributed by atoms with Gasteiger partial charge in [-0.15, -0.1) is 0 Å². The minimum atomic E-state index is -0.899. The number of hydrogen-bond donors (Lipinski definition) is 2. The first-order valence-corrected chi connectivity index (χ1v) is 8.95. The van der Waals surface area contributed by atoms with Gasteiger partial charge in [0.05, 0.1) is 5.60 Å². The first kappa shape index (κ1) is 15.4. The fourth-order valence-corrected chi connectivity index (χ4v) is 6.40. The van der Waals surface area contributed by atoms with Crippen molar-refractivity contribution in [1.29, 1.82) is 0 Å². The van der Waals surface area contributed by atoms with E-state index < -0.39 is 11.0 Å². The Morgan fingerprint density at radius 1 is 0.957 bits per heavy atom. The van der Waals surface area contributed by atoms with Gasteiger partial charge in [-0.1, -0.05) is 13.8 Å². The van der Waals surface area contributed by atoms with E-state index in [2.05, 4.69) is 6.92 Å². The molecule has 5 unspecified atom stereocenters. The summed E-state index contributed by atoms with van der Waals surface area (Å²) in [5, 5.41) is 22.0. The molecular formula is C19H26O4. The van der Waals surface area contributed by atoms with E-state index in [0.29, 0.717) is 37.9 Å². The van der Waals surface area contributed by atoms with Crippen LogP contribution >= 0.6 is 0 Å². The van der Waals surface area contributed by atoms with Crippen LogP contribution in [-0.2, 0) is 9.59 Å². The van der Waals surface area contributed by atoms with Crippen LogP contribution < -0.4 is 0 Å². The number of aliphatic hydroxyl groups excluding tert-OH is 1. The Balaban J connectivity index is 1.80. The van der Waals surface area contributed by atoms with Gasteiger partial charge >= 0.3 is 0 Å². The third kappa shape index (κ3) is 1.66. The Hall–Kier alpha value is -1.16. The van der Waals surface area contributed by atoms with Gasteiger partial charge in [0, 0.05) is 23.7 Å². The number of rotatable bonds is 0. The van der Waals surface area contributed by atoms with Gasteiger partial charge in [0.15, 0.2) is 11.5 Å². The molecule has 23 heavy (non-hydrogen) atoms. The molecule has 0 aromatic carbocycles. The summed E-state index contributed by atoms with van der Waals surface area (Å²) < 4.78 is 0. The van der Waals surface area contributed by atoms with Crippen LogP contribution in [0, 0.1) is 22.7 Å². The van der Waals surface area contributed by atoms with Crippen LogP contribution in [0.15, 0.2) is 11.3 Å². The van der Waals surface area contributed by atoms with Gasteiger partial charge in [-0.25, -0.2) is 0 Å². The minimum absolute atomic E-state index is 0.0959. The van der Waals surface area contributed by atoms with Crippen molar-refractivity contribution in [3.63, 3.8) is 0 Å². The van der Waals surface area contributed by atoms with Crippen molar-refractivity contribution in [3.05, 3.63) is 11.3 Å². The van der Waals surface area contributed by atoms with Crippen LogP contribution in [0.25, 0.3) is 0 Å². The topological polar surface area (TPSA) is 74.6 Å². The number of hydrogen-bond acceptors (Lipinski definition) is 4. The van der Waals surface area contributed by atoms with E-state index in [-0.39, 0.29) is 28.8 Å². The summed E-state index contributed by atoms with van der Waals surface area (Å²) in [5.74, 6) is 0.421. The Bertz CT molecular complexity index is 635. The number of carbonyl (C=O) groups is 2. The monoisotopic (exact) mass is 318 g/mol. The molecule has 3 fully saturated rings. The maximum Gasteiger partial charge on any atom is 0.197 e. The fourth-order valence-electron chi connectivity index (χ4n) is 6.40. The highest BCUT2D eigenvalue weighted by Gasteiger charge is 2.66. The lowest BCUT2D eigenvalue weighted by atomic mass is 9.45. The predicted octanol–water partition coefficient (Wildman–Crippen LogP) is 3.09. The molecule has 0 spiro atoms. The third-order valence-corrected chi connectivity index (χ3v) is 7.99. The van der Waals surface area contributed by atoms with E-state index in [9.17, 15) is 19.8 Å². The first-order chi connectivity index (χ1) is 10.7. The summed E-state index contributed by atoms with van der Waals surface area (Å²) in [7, 11) is 0. The maximum atomic E-state index is 12.4. The lowest BCUT2D eigenvalue weighted by molar-refractivity contribution is -0.189. The molecule has 0 heterocycles. The second kappa shape index (κ2) is 4.47. The molecule has 4 rings (SSSR count). The first-order valence-electron chi connectivity index (χ1n) is 8.95. The van der Waals surface area contributed by atoms with Crippen molar-refractivity contribution in [3.8, 4) is 0 Å². The summed E-state index contributed by atoms with van der Waals surface area (Å²) in [6.07, 6.45) is 5.18. The Kier molecular flexibility index (Phi) is 2.99. The standard InChI is InChI=1S/C19H26O4/c1-17-9-10-19(23)12(11(17)5-6-15(17)21)3-4-13-16(22)14(20)7-8-18(13,19)2/h11-12,22-23H,3-10H2,1-2H3. The van der Waals surface area contributed by atoms with Crippen LogP contribution in [-0.4, -0.2) is 27.4 Å². The van der Waals surface area contributed by atoms with Crippen molar-refractivity contribution in [1.82, 2.24) is 0 Å². The lowest BCUT2D eigenvalue weighted by Gasteiger charge is -2.61. The quantitative estimate of drug-likeness (QED) is 0.720. The highest BCUT2D eigenvalue weighted by Crippen LogP contribution is 2.66. The molecule has 0 saturated heterocycles. The molecule has 0 aromatic heterocycles. The van der Waals surface area contributed by atoms with Gasteiger partial charge in [-0.05, 0) is 55.9 Å². The van der Waals surface area contributed by atoms with E-state index in [0.717, 1.165) is 24.8 Å². The van der Waals surface area contributed by atoms with Crippen LogP contribution in [0.5, 0.6) is 0 Å². The molecule has 4 nitrogen and oxygen atoms in total. The molecule has 0 bridgehead atoms. The zero-order valence-corrected chi connectivity index (χ0v) is 14.0. The number of aliphatic hydroxyl groups is 2. The molecule has 0 amide bonds. The van der Waals surface area contributed by atoms with Crippen LogP contribution in [0.3, 0.4) is 0 Å². The van der Waals surface area contributed by atoms with Gasteiger partial charge in [0.1, 0.15) is 5.78 Å². The number of ketones is 2. The molecule has 3 saturated carbocycles. The second-order valence-corrected chi connectivity index (χ2v) is 8.64. The van der Waals surface area contributed by atoms with Gasteiger partial charge in [-0.2, -0.15) is 0 Å². The summed E-state index contributed by atoms with van der Waals surface area (Å²) in [6.45, 7) is 4.11. The summed E-state index contributed by atoms with van der Waals surface area (Å²) in [4.78, 5) is 24.3. The van der Waals surface area contributed by atoms with Gasteiger partial charge in [-0.3, -0.25) is 9.59 Å². The zero-order chi connectivity index (χ0) is 16.6.